The Morgan fingerprint density at radius 1 is 1.15 bits per heavy atom. The fraction of sp³-hybridized carbons (Fsp3) is 0.526. The first-order valence-corrected chi connectivity index (χ1v) is 8.98. The predicted molar refractivity (Wildman–Crippen MR) is 97.0 cm³/mol. The summed E-state index contributed by atoms with van der Waals surface area (Å²) in [6, 6.07) is 6.53. The molecule has 0 bridgehead atoms. The summed E-state index contributed by atoms with van der Waals surface area (Å²) < 4.78 is 9.93. The number of benzene rings is 1. The lowest BCUT2D eigenvalue weighted by Gasteiger charge is -2.31. The first kappa shape index (κ1) is 19.8. The molecule has 1 aromatic rings. The quantitative estimate of drug-likeness (QED) is 0.786. The molecule has 1 saturated carbocycles. The van der Waals surface area contributed by atoms with Crippen molar-refractivity contribution in [1.82, 2.24) is 4.90 Å². The van der Waals surface area contributed by atoms with Crippen LogP contribution in [0.25, 0.3) is 0 Å². The van der Waals surface area contributed by atoms with Crippen LogP contribution in [-0.2, 0) is 14.3 Å². The standard InChI is InChI=1S/C19H26N2O5/c1-3-25-19(24)20-15-9-7-8-14(12-15)18(23)26-13-17(22)21(2)16-10-5-4-6-11-16/h7-9,12,16H,3-6,10-11,13H2,1-2H3,(H,20,24). The Labute approximate surface area is 153 Å². The summed E-state index contributed by atoms with van der Waals surface area (Å²) in [5, 5.41) is 2.52. The van der Waals surface area contributed by atoms with Gasteiger partial charge >= 0.3 is 12.1 Å². The Morgan fingerprint density at radius 2 is 1.88 bits per heavy atom. The van der Waals surface area contributed by atoms with E-state index in [-0.39, 0.29) is 30.7 Å². The molecule has 0 radical (unpaired) electrons. The van der Waals surface area contributed by atoms with Crippen LogP contribution in [0.1, 0.15) is 49.4 Å². The third-order valence-corrected chi connectivity index (χ3v) is 4.46. The molecule has 1 aromatic carbocycles. The van der Waals surface area contributed by atoms with Gasteiger partial charge in [0, 0.05) is 18.8 Å². The second-order valence-electron chi connectivity index (χ2n) is 6.30. The van der Waals surface area contributed by atoms with Gasteiger partial charge < -0.3 is 14.4 Å². The molecule has 1 aliphatic carbocycles. The van der Waals surface area contributed by atoms with Crippen LogP contribution >= 0.6 is 0 Å². The van der Waals surface area contributed by atoms with Crippen LogP contribution in [0.15, 0.2) is 24.3 Å². The SMILES string of the molecule is CCOC(=O)Nc1cccc(C(=O)OCC(=O)N(C)C2CCCCC2)c1. The van der Waals surface area contributed by atoms with E-state index >= 15 is 0 Å². The van der Waals surface area contributed by atoms with Crippen molar-refractivity contribution < 1.29 is 23.9 Å². The topological polar surface area (TPSA) is 84.9 Å². The minimum Gasteiger partial charge on any atom is -0.452 e. The molecular weight excluding hydrogens is 336 g/mol. The smallest absolute Gasteiger partial charge is 0.411 e. The monoisotopic (exact) mass is 362 g/mol. The molecule has 0 atom stereocenters. The van der Waals surface area contributed by atoms with Crippen molar-refractivity contribution in [1.29, 1.82) is 0 Å². The van der Waals surface area contributed by atoms with Gasteiger partial charge in [0.1, 0.15) is 0 Å². The van der Waals surface area contributed by atoms with Crippen molar-refractivity contribution >= 4 is 23.7 Å². The molecule has 1 fully saturated rings. The van der Waals surface area contributed by atoms with Gasteiger partial charge in [-0.05, 0) is 38.0 Å². The molecule has 1 aliphatic rings. The number of carbonyl (C=O) groups is 3. The minimum absolute atomic E-state index is 0.203. The highest BCUT2D eigenvalue weighted by Crippen LogP contribution is 2.21. The zero-order valence-corrected chi connectivity index (χ0v) is 15.3. The number of hydrogen-bond donors (Lipinski definition) is 1. The van der Waals surface area contributed by atoms with E-state index in [1.54, 1.807) is 37.1 Å². The van der Waals surface area contributed by atoms with Gasteiger partial charge in [-0.2, -0.15) is 0 Å². The molecule has 0 aliphatic heterocycles. The Kier molecular flexibility index (Phi) is 7.44. The molecule has 26 heavy (non-hydrogen) atoms. The van der Waals surface area contributed by atoms with Gasteiger partial charge in [0.05, 0.1) is 12.2 Å². The summed E-state index contributed by atoms with van der Waals surface area (Å²) in [7, 11) is 1.76. The highest BCUT2D eigenvalue weighted by atomic mass is 16.5. The Hall–Kier alpha value is -2.57. The van der Waals surface area contributed by atoms with E-state index in [9.17, 15) is 14.4 Å². The number of hydrogen-bond acceptors (Lipinski definition) is 5. The fourth-order valence-corrected chi connectivity index (χ4v) is 2.99. The Morgan fingerprint density at radius 3 is 2.58 bits per heavy atom. The number of carbonyl (C=O) groups excluding carboxylic acids is 3. The summed E-state index contributed by atoms with van der Waals surface area (Å²) in [5.74, 6) is -0.811. The lowest BCUT2D eigenvalue weighted by Crippen LogP contribution is -2.40. The minimum atomic E-state index is -0.608. The lowest BCUT2D eigenvalue weighted by molar-refractivity contribution is -0.135. The van der Waals surface area contributed by atoms with Gasteiger partial charge in [-0.15, -0.1) is 0 Å². The van der Waals surface area contributed by atoms with Crippen molar-refractivity contribution in [2.75, 3.05) is 25.6 Å². The zero-order chi connectivity index (χ0) is 18.9. The van der Waals surface area contributed by atoms with Gasteiger partial charge in [0.2, 0.25) is 0 Å². The molecule has 2 rings (SSSR count). The predicted octanol–water partition coefficient (Wildman–Crippen LogP) is 3.20. The first-order chi connectivity index (χ1) is 12.5. The maximum absolute atomic E-state index is 12.2. The number of esters is 1. The molecule has 0 unspecified atom stereocenters. The molecular formula is C19H26N2O5. The average Bonchev–Trinajstić information content (AvgIpc) is 2.66. The Bertz CT molecular complexity index is 641. The molecule has 1 N–H and O–H groups in total. The number of amides is 2. The second-order valence-corrected chi connectivity index (χ2v) is 6.30. The summed E-state index contributed by atoms with van der Waals surface area (Å²) in [4.78, 5) is 37.5. The van der Waals surface area contributed by atoms with Gasteiger partial charge in [-0.25, -0.2) is 9.59 Å². The third kappa shape index (κ3) is 5.75. The number of nitrogens with one attached hydrogen (secondary N) is 1. The largest absolute Gasteiger partial charge is 0.452 e. The number of likely N-dealkylation sites (N-methyl/N-ethyl adjacent to an activating group) is 1. The van der Waals surface area contributed by atoms with Gasteiger partial charge in [-0.1, -0.05) is 25.3 Å². The molecule has 7 heteroatoms. The van der Waals surface area contributed by atoms with Crippen LogP contribution in [0.4, 0.5) is 10.5 Å². The molecule has 0 spiro atoms. The van der Waals surface area contributed by atoms with Gasteiger partial charge in [-0.3, -0.25) is 10.1 Å². The first-order valence-electron chi connectivity index (χ1n) is 8.98. The van der Waals surface area contributed by atoms with Crippen LogP contribution in [0.2, 0.25) is 0 Å². The van der Waals surface area contributed by atoms with E-state index in [2.05, 4.69) is 5.32 Å². The van der Waals surface area contributed by atoms with Gasteiger partial charge in [0.15, 0.2) is 6.61 Å². The molecule has 7 nitrogen and oxygen atoms in total. The van der Waals surface area contributed by atoms with Crippen molar-refractivity contribution in [2.45, 2.75) is 45.1 Å². The van der Waals surface area contributed by atoms with E-state index in [1.807, 2.05) is 0 Å². The summed E-state index contributed by atoms with van der Waals surface area (Å²) in [6.07, 6.45) is 4.87. The van der Waals surface area contributed by atoms with Gasteiger partial charge in [0.25, 0.3) is 5.91 Å². The van der Waals surface area contributed by atoms with Crippen molar-refractivity contribution in [2.24, 2.45) is 0 Å². The van der Waals surface area contributed by atoms with Crippen LogP contribution in [0.3, 0.4) is 0 Å². The maximum atomic E-state index is 12.2. The summed E-state index contributed by atoms with van der Waals surface area (Å²) in [5.41, 5.74) is 0.677. The number of anilines is 1. The normalized spacial score (nSPS) is 14.4. The number of ether oxygens (including phenoxy) is 2. The van der Waals surface area contributed by atoms with Crippen molar-refractivity contribution in [3.63, 3.8) is 0 Å². The lowest BCUT2D eigenvalue weighted by atomic mass is 9.94. The zero-order valence-electron chi connectivity index (χ0n) is 15.3. The van der Waals surface area contributed by atoms with Crippen LogP contribution in [-0.4, -0.2) is 49.2 Å². The average molecular weight is 362 g/mol. The Balaban J connectivity index is 1.87. The fourth-order valence-electron chi connectivity index (χ4n) is 2.99. The van der Waals surface area contributed by atoms with E-state index in [1.165, 1.54) is 12.5 Å². The highest BCUT2D eigenvalue weighted by Gasteiger charge is 2.23. The van der Waals surface area contributed by atoms with Crippen LogP contribution in [0.5, 0.6) is 0 Å². The maximum Gasteiger partial charge on any atom is 0.411 e. The van der Waals surface area contributed by atoms with Crippen LogP contribution < -0.4 is 5.32 Å². The van der Waals surface area contributed by atoms with Crippen LogP contribution in [0, 0.1) is 0 Å². The van der Waals surface area contributed by atoms with Crippen molar-refractivity contribution in [3.05, 3.63) is 29.8 Å². The molecule has 2 amide bonds. The summed E-state index contributed by atoms with van der Waals surface area (Å²) in [6.45, 7) is 1.67. The number of nitrogens with zero attached hydrogens (tertiary/aromatic N) is 1. The van der Waals surface area contributed by atoms with Crippen molar-refractivity contribution in [3.8, 4) is 0 Å². The van der Waals surface area contributed by atoms with E-state index < -0.39 is 12.1 Å². The molecule has 0 saturated heterocycles. The van der Waals surface area contributed by atoms with E-state index in [0.29, 0.717) is 5.69 Å². The molecule has 142 valence electrons. The number of rotatable bonds is 6. The second kappa shape index (κ2) is 9.79. The van der Waals surface area contributed by atoms with E-state index in [0.717, 1.165) is 25.7 Å². The van der Waals surface area contributed by atoms with E-state index in [4.69, 9.17) is 9.47 Å². The molecule has 0 heterocycles. The summed E-state index contributed by atoms with van der Waals surface area (Å²) >= 11 is 0. The third-order valence-electron chi connectivity index (χ3n) is 4.46. The highest BCUT2D eigenvalue weighted by molar-refractivity contribution is 5.93. The molecule has 0 aromatic heterocycles.